The van der Waals surface area contributed by atoms with E-state index in [0.717, 1.165) is 16.7 Å². The summed E-state index contributed by atoms with van der Waals surface area (Å²) >= 11 is 0. The van der Waals surface area contributed by atoms with Crippen molar-refractivity contribution in [1.29, 1.82) is 5.26 Å². The first kappa shape index (κ1) is 13.4. The van der Waals surface area contributed by atoms with E-state index in [1.54, 1.807) is 0 Å². The molecule has 0 saturated carbocycles. The van der Waals surface area contributed by atoms with Gasteiger partial charge in [0.2, 0.25) is 0 Å². The number of rotatable bonds is 4. The van der Waals surface area contributed by atoms with Gasteiger partial charge in [0.1, 0.15) is 0 Å². The smallest absolute Gasteiger partial charge is 0.0998 e. The van der Waals surface area contributed by atoms with E-state index in [-0.39, 0.29) is 0 Å². The van der Waals surface area contributed by atoms with Crippen LogP contribution in [0.4, 0.5) is 0 Å². The Labute approximate surface area is 117 Å². The molecule has 96 valence electrons. The normalized spacial score (nSPS) is 10.4. The molecule has 2 aromatic rings. The Hall–Kier alpha value is -3.02. The second kappa shape index (κ2) is 6.79. The van der Waals surface area contributed by atoms with Gasteiger partial charge in [-0.1, -0.05) is 59.7 Å². The molecule has 0 amide bonds. The largest absolute Gasteiger partial charge is 0.192 e. The topological polar surface area (TPSA) is 72.5 Å². The molecule has 0 bridgehead atoms. The summed E-state index contributed by atoms with van der Waals surface area (Å²) in [5, 5.41) is 12.8. The highest BCUT2D eigenvalue weighted by Crippen LogP contribution is 2.18. The second-order valence-corrected chi connectivity index (χ2v) is 4.17. The first-order chi connectivity index (χ1) is 9.83. The molecule has 0 spiro atoms. The van der Waals surface area contributed by atoms with Crippen LogP contribution in [0.2, 0.25) is 0 Å². The van der Waals surface area contributed by atoms with Crippen molar-refractivity contribution in [3.63, 3.8) is 0 Å². The predicted molar refractivity (Wildman–Crippen MR) is 79.2 cm³/mol. The Bertz CT molecular complexity index is 688. The molecule has 0 saturated heterocycles. The number of azide groups is 1. The van der Waals surface area contributed by atoms with Crippen LogP contribution < -0.4 is 0 Å². The van der Waals surface area contributed by atoms with Gasteiger partial charge in [0.25, 0.3) is 0 Å². The Balaban J connectivity index is 2.27. The Kier molecular flexibility index (Phi) is 4.55. The highest BCUT2D eigenvalue weighted by atomic mass is 15.1. The third-order valence-electron chi connectivity index (χ3n) is 2.81. The van der Waals surface area contributed by atoms with Gasteiger partial charge in [0, 0.05) is 4.91 Å². The molecule has 0 unspecified atom stereocenters. The minimum Gasteiger partial charge on any atom is -0.192 e. The van der Waals surface area contributed by atoms with Crippen LogP contribution in [0.15, 0.2) is 59.7 Å². The second-order valence-electron chi connectivity index (χ2n) is 4.17. The lowest BCUT2D eigenvalue weighted by atomic mass is 10.0. The third-order valence-corrected chi connectivity index (χ3v) is 2.81. The minimum atomic E-state index is 0.321. The zero-order valence-corrected chi connectivity index (χ0v) is 10.8. The van der Waals surface area contributed by atoms with Gasteiger partial charge < -0.3 is 0 Å². The molecule has 0 fully saturated rings. The van der Waals surface area contributed by atoms with Gasteiger partial charge in [0.15, 0.2) is 0 Å². The molecular weight excluding hydrogens is 248 g/mol. The van der Waals surface area contributed by atoms with Crippen molar-refractivity contribution in [2.75, 3.05) is 0 Å². The van der Waals surface area contributed by atoms with E-state index in [1.807, 2.05) is 60.7 Å². The molecule has 2 rings (SSSR count). The van der Waals surface area contributed by atoms with E-state index in [2.05, 4.69) is 16.1 Å². The fourth-order valence-corrected chi connectivity index (χ4v) is 1.80. The maximum atomic E-state index is 9.27. The summed E-state index contributed by atoms with van der Waals surface area (Å²) in [7, 11) is 0. The standard InChI is InChI=1S/C16H12N4/c17-11-16(10-13-4-2-1-3-5-13)15-8-6-14(7-9-15)12-19-20-18/h1-10H,12H2/b16-10+. The van der Waals surface area contributed by atoms with Crippen LogP contribution in [-0.4, -0.2) is 0 Å². The van der Waals surface area contributed by atoms with Gasteiger partial charge in [-0.2, -0.15) is 5.26 Å². The zero-order valence-electron chi connectivity index (χ0n) is 10.8. The van der Waals surface area contributed by atoms with Crippen LogP contribution in [0.5, 0.6) is 0 Å². The molecule has 0 aliphatic rings. The molecule has 0 atom stereocenters. The van der Waals surface area contributed by atoms with Crippen molar-refractivity contribution in [2.24, 2.45) is 5.11 Å². The van der Waals surface area contributed by atoms with Gasteiger partial charge in [-0.25, -0.2) is 0 Å². The molecule has 0 aromatic heterocycles. The Morgan fingerprint density at radius 2 is 1.85 bits per heavy atom. The zero-order chi connectivity index (χ0) is 14.2. The SMILES string of the molecule is N#C/C(=C\c1ccccc1)c1ccc(CN=[N+]=[N-])cc1. The van der Waals surface area contributed by atoms with Gasteiger partial charge in [0.05, 0.1) is 18.2 Å². The minimum absolute atomic E-state index is 0.321. The van der Waals surface area contributed by atoms with Crippen LogP contribution in [-0.2, 0) is 6.54 Å². The van der Waals surface area contributed by atoms with E-state index < -0.39 is 0 Å². The lowest BCUT2D eigenvalue weighted by Gasteiger charge is -2.01. The fourth-order valence-electron chi connectivity index (χ4n) is 1.80. The van der Waals surface area contributed by atoms with Crippen molar-refractivity contribution in [1.82, 2.24) is 0 Å². The Morgan fingerprint density at radius 3 is 2.45 bits per heavy atom. The van der Waals surface area contributed by atoms with Crippen LogP contribution in [0.3, 0.4) is 0 Å². The number of hydrogen-bond donors (Lipinski definition) is 0. The van der Waals surface area contributed by atoms with E-state index in [9.17, 15) is 5.26 Å². The highest BCUT2D eigenvalue weighted by Gasteiger charge is 2.01. The summed E-state index contributed by atoms with van der Waals surface area (Å²) in [6, 6.07) is 19.4. The average molecular weight is 260 g/mol. The first-order valence-electron chi connectivity index (χ1n) is 6.10. The van der Waals surface area contributed by atoms with Crippen LogP contribution in [0.25, 0.3) is 22.1 Å². The summed E-state index contributed by atoms with van der Waals surface area (Å²) in [5.74, 6) is 0. The molecule has 4 heteroatoms. The number of hydrogen-bond acceptors (Lipinski definition) is 2. The number of allylic oxidation sites excluding steroid dienone is 1. The molecule has 20 heavy (non-hydrogen) atoms. The molecule has 0 aliphatic carbocycles. The third kappa shape index (κ3) is 3.49. The molecule has 0 heterocycles. The van der Waals surface area contributed by atoms with Crippen LogP contribution >= 0.6 is 0 Å². The number of nitriles is 1. The quantitative estimate of drug-likeness (QED) is 0.261. The highest BCUT2D eigenvalue weighted by molar-refractivity contribution is 5.89. The predicted octanol–water partition coefficient (Wildman–Crippen LogP) is 4.56. The van der Waals surface area contributed by atoms with Crippen molar-refractivity contribution in [2.45, 2.75) is 6.54 Å². The van der Waals surface area contributed by atoms with Gasteiger partial charge >= 0.3 is 0 Å². The molecule has 4 nitrogen and oxygen atoms in total. The molecule has 2 aromatic carbocycles. The van der Waals surface area contributed by atoms with Crippen molar-refractivity contribution < 1.29 is 0 Å². The summed E-state index contributed by atoms with van der Waals surface area (Å²) in [5.41, 5.74) is 11.6. The van der Waals surface area contributed by atoms with E-state index >= 15 is 0 Å². The molecule has 0 N–H and O–H groups in total. The van der Waals surface area contributed by atoms with Crippen molar-refractivity contribution >= 4 is 11.6 Å². The molecule has 0 aliphatic heterocycles. The average Bonchev–Trinajstić information content (AvgIpc) is 2.52. The van der Waals surface area contributed by atoms with E-state index in [1.165, 1.54) is 0 Å². The van der Waals surface area contributed by atoms with E-state index in [0.29, 0.717) is 12.1 Å². The van der Waals surface area contributed by atoms with Crippen molar-refractivity contribution in [3.05, 3.63) is 81.7 Å². The van der Waals surface area contributed by atoms with Crippen LogP contribution in [0, 0.1) is 11.3 Å². The summed E-state index contributed by atoms with van der Waals surface area (Å²) in [6.45, 7) is 0.321. The molecular formula is C16H12N4. The fraction of sp³-hybridized carbons (Fsp3) is 0.0625. The number of nitrogens with zero attached hydrogens (tertiary/aromatic N) is 4. The van der Waals surface area contributed by atoms with Gasteiger partial charge in [-0.15, -0.1) is 0 Å². The molecule has 0 radical (unpaired) electrons. The maximum Gasteiger partial charge on any atom is 0.0998 e. The summed E-state index contributed by atoms with van der Waals surface area (Å²) in [6.07, 6.45) is 1.85. The first-order valence-corrected chi connectivity index (χ1v) is 6.10. The number of benzene rings is 2. The van der Waals surface area contributed by atoms with E-state index in [4.69, 9.17) is 5.53 Å². The van der Waals surface area contributed by atoms with Crippen molar-refractivity contribution in [3.8, 4) is 6.07 Å². The lowest BCUT2D eigenvalue weighted by Crippen LogP contribution is -1.85. The van der Waals surface area contributed by atoms with Crippen LogP contribution in [0.1, 0.15) is 16.7 Å². The maximum absolute atomic E-state index is 9.27. The van der Waals surface area contributed by atoms with Gasteiger partial charge in [-0.05, 0) is 28.3 Å². The summed E-state index contributed by atoms with van der Waals surface area (Å²) < 4.78 is 0. The summed E-state index contributed by atoms with van der Waals surface area (Å²) in [4.78, 5) is 2.72. The lowest BCUT2D eigenvalue weighted by molar-refractivity contribution is 1.05. The Morgan fingerprint density at radius 1 is 1.15 bits per heavy atom. The van der Waals surface area contributed by atoms with Gasteiger partial charge in [-0.3, -0.25) is 0 Å². The monoisotopic (exact) mass is 260 g/mol.